The third-order valence-electron chi connectivity index (χ3n) is 10.3. The second kappa shape index (κ2) is 12.4. The molecule has 1 saturated heterocycles. The molecule has 3 heteroatoms. The van der Waals surface area contributed by atoms with Crippen LogP contribution in [0, 0.1) is 13.8 Å². The normalized spacial score (nSPS) is 18.7. The third kappa shape index (κ3) is 4.95. The monoisotopic (exact) mass is 668 g/mol. The van der Waals surface area contributed by atoms with Gasteiger partial charge in [-0.2, -0.15) is 0 Å². The van der Waals surface area contributed by atoms with Crippen molar-refractivity contribution in [2.45, 2.75) is 62.5 Å². The van der Waals surface area contributed by atoms with E-state index in [0.717, 1.165) is 0 Å². The van der Waals surface area contributed by atoms with Gasteiger partial charge < -0.3 is 24.8 Å². The fourth-order valence-electron chi connectivity index (χ4n) is 8.20. The zero-order chi connectivity index (χ0) is 27.4. The molecule has 4 aromatic rings. The predicted molar refractivity (Wildman–Crippen MR) is 169 cm³/mol. The summed E-state index contributed by atoms with van der Waals surface area (Å²) in [5, 5.41) is 0. The zero-order valence-corrected chi connectivity index (χ0v) is 29.2. The van der Waals surface area contributed by atoms with Crippen molar-refractivity contribution in [2.24, 2.45) is 0 Å². The molecule has 0 N–H and O–H groups in total. The van der Waals surface area contributed by atoms with Crippen molar-refractivity contribution in [2.75, 3.05) is 0 Å². The summed E-state index contributed by atoms with van der Waals surface area (Å²) in [6.07, 6.45) is 9.01. The van der Waals surface area contributed by atoms with E-state index in [1.165, 1.54) is 72.0 Å². The molecule has 1 heterocycles. The Bertz CT molecular complexity index is 1540. The van der Waals surface area contributed by atoms with Crippen molar-refractivity contribution in [3.05, 3.63) is 129 Å². The van der Waals surface area contributed by atoms with Crippen LogP contribution in [-0.4, -0.2) is 0 Å². The van der Waals surface area contributed by atoms with Gasteiger partial charge in [-0.1, -0.05) is 0 Å². The first kappa shape index (κ1) is 31.3. The van der Waals surface area contributed by atoms with Crippen LogP contribution in [0.3, 0.4) is 0 Å². The number of halogens is 2. The molecule has 2 atom stereocenters. The van der Waals surface area contributed by atoms with E-state index in [1.807, 2.05) is 0 Å². The predicted octanol–water partition coefficient (Wildman–Crippen LogP) is 5.44. The molecule has 3 aliphatic rings. The minimum absolute atomic E-state index is 0. The van der Waals surface area contributed by atoms with Gasteiger partial charge in [-0.15, -0.1) is 0 Å². The summed E-state index contributed by atoms with van der Waals surface area (Å²) in [6, 6.07) is 32.7. The van der Waals surface area contributed by atoms with Gasteiger partial charge in [0.1, 0.15) is 0 Å². The van der Waals surface area contributed by atoms with E-state index in [9.17, 15) is 0 Å². The maximum absolute atomic E-state index is 2.77. The van der Waals surface area contributed by atoms with E-state index in [4.69, 9.17) is 0 Å². The van der Waals surface area contributed by atoms with Gasteiger partial charge in [-0.05, 0) is 0 Å². The Labute approximate surface area is 269 Å². The molecule has 0 saturated carbocycles. The number of benzene rings is 4. The summed E-state index contributed by atoms with van der Waals surface area (Å²) in [4.78, 5) is 0. The SMILES string of the molecule is CCC1=Cc2c(-c3ccc(C)cc3)cccc2[CH]1[Zr+2]1([CH]2C(CC)=Cc3c(-c4ccc(C)cc4)cccc32)[CH2]C[CH2]1.[Cl-].[Cl-]. The van der Waals surface area contributed by atoms with Gasteiger partial charge in [-0.25, -0.2) is 0 Å². The molecule has 2 aliphatic carbocycles. The first-order chi connectivity index (χ1) is 19.5. The fourth-order valence-corrected chi connectivity index (χ4v) is 24.1. The molecule has 1 aliphatic heterocycles. The Kier molecular flexibility index (Phi) is 9.26. The van der Waals surface area contributed by atoms with E-state index >= 15 is 0 Å². The van der Waals surface area contributed by atoms with Crippen molar-refractivity contribution in [1.29, 1.82) is 0 Å². The Hall–Kier alpha value is -2.18. The average Bonchev–Trinajstić information content (AvgIpc) is 3.53. The fraction of sp³-hybridized carbons (Fsp3) is 0.282. The summed E-state index contributed by atoms with van der Waals surface area (Å²) in [5.74, 6) is 0. The van der Waals surface area contributed by atoms with Crippen LogP contribution in [0.25, 0.3) is 34.4 Å². The van der Waals surface area contributed by atoms with Crippen LogP contribution < -0.4 is 24.8 Å². The quantitative estimate of drug-likeness (QED) is 0.257. The van der Waals surface area contributed by atoms with Crippen LogP contribution >= 0.6 is 0 Å². The largest absolute Gasteiger partial charge is 1.00 e. The minimum atomic E-state index is -2.77. The van der Waals surface area contributed by atoms with Crippen LogP contribution in [0.5, 0.6) is 0 Å². The number of aryl methyl sites for hydroxylation is 2. The van der Waals surface area contributed by atoms with Crippen LogP contribution in [0.1, 0.15) is 73.7 Å². The van der Waals surface area contributed by atoms with Gasteiger partial charge in [0.25, 0.3) is 0 Å². The summed E-state index contributed by atoms with van der Waals surface area (Å²) < 4.78 is 4.42. The van der Waals surface area contributed by atoms with Crippen LogP contribution in [-0.2, 0) is 20.3 Å². The molecule has 1 fully saturated rings. The first-order valence-electron chi connectivity index (χ1n) is 15.3. The van der Waals surface area contributed by atoms with Crippen molar-refractivity contribution in [3.63, 3.8) is 0 Å². The number of fused-ring (bicyclic) bond motifs is 2. The maximum atomic E-state index is 2.63. The zero-order valence-electron chi connectivity index (χ0n) is 25.2. The molecular weight excluding hydrogens is 631 g/mol. The second-order valence-electron chi connectivity index (χ2n) is 12.4. The molecule has 0 radical (unpaired) electrons. The molecule has 0 nitrogen and oxygen atoms in total. The first-order valence-corrected chi connectivity index (χ1v) is 21.7. The van der Waals surface area contributed by atoms with Crippen molar-refractivity contribution >= 4 is 12.2 Å². The van der Waals surface area contributed by atoms with Crippen LogP contribution in [0.4, 0.5) is 0 Å². The molecule has 7 rings (SSSR count). The summed E-state index contributed by atoms with van der Waals surface area (Å²) in [7, 11) is 0. The Morgan fingerprint density at radius 1 is 0.571 bits per heavy atom. The van der Waals surface area contributed by atoms with Gasteiger partial charge in [0.2, 0.25) is 0 Å². The third-order valence-corrected chi connectivity index (χ3v) is 25.6. The maximum Gasteiger partial charge on any atom is -1.00 e. The number of allylic oxidation sites excluding steroid dienone is 2. The Balaban J connectivity index is 0.00000176. The molecule has 0 bridgehead atoms. The van der Waals surface area contributed by atoms with Gasteiger partial charge in [0.05, 0.1) is 0 Å². The van der Waals surface area contributed by atoms with Gasteiger partial charge in [0.15, 0.2) is 0 Å². The van der Waals surface area contributed by atoms with Crippen LogP contribution in [0.15, 0.2) is 96.1 Å². The minimum Gasteiger partial charge on any atom is -1.00 e. The van der Waals surface area contributed by atoms with Crippen molar-refractivity contribution in [3.8, 4) is 22.3 Å². The smallest absolute Gasteiger partial charge is 1.00 e. The van der Waals surface area contributed by atoms with Crippen molar-refractivity contribution in [1.82, 2.24) is 0 Å². The van der Waals surface area contributed by atoms with Crippen molar-refractivity contribution < 1.29 is 45.1 Å². The summed E-state index contributed by atoms with van der Waals surface area (Å²) in [5.41, 5.74) is 18.0. The van der Waals surface area contributed by atoms with E-state index < -0.39 is 20.3 Å². The standard InChI is InChI=1S/2C18H17.C3H6.2ClH.Zr/c2*1-3-14-11-16-5-4-6-17(18(16)12-14)15-9-7-13(2)8-10-15;1-3-2;;;/h2*4-12H,3H2,1-2H3;1-3H2;2*1H;/q;;;;;+2/p-2. The molecule has 0 amide bonds. The number of hydrogen-bond acceptors (Lipinski definition) is 0. The molecule has 4 aromatic carbocycles. The average molecular weight is 671 g/mol. The van der Waals surface area contributed by atoms with E-state index in [1.54, 1.807) is 22.3 Å². The number of hydrogen-bond donors (Lipinski definition) is 0. The van der Waals surface area contributed by atoms with Gasteiger partial charge >= 0.3 is 247 Å². The summed E-state index contributed by atoms with van der Waals surface area (Å²) >= 11 is -2.77. The van der Waals surface area contributed by atoms with E-state index in [-0.39, 0.29) is 24.8 Å². The molecular formula is C39H40Cl2Zr. The summed E-state index contributed by atoms with van der Waals surface area (Å²) in [6.45, 7) is 9.18. The molecule has 2 unspecified atom stereocenters. The van der Waals surface area contributed by atoms with Crippen LogP contribution in [0.2, 0.25) is 8.26 Å². The number of rotatable bonds is 6. The van der Waals surface area contributed by atoms with Gasteiger partial charge in [-0.3, -0.25) is 0 Å². The molecule has 0 aromatic heterocycles. The Morgan fingerprint density at radius 3 is 1.31 bits per heavy atom. The Morgan fingerprint density at radius 2 is 0.976 bits per heavy atom. The molecule has 42 heavy (non-hydrogen) atoms. The van der Waals surface area contributed by atoms with E-state index in [0.29, 0.717) is 7.25 Å². The van der Waals surface area contributed by atoms with E-state index in [2.05, 4.69) is 125 Å². The molecule has 214 valence electrons. The van der Waals surface area contributed by atoms with Gasteiger partial charge in [0, 0.05) is 0 Å². The second-order valence-corrected chi connectivity index (χ2v) is 23.8. The topological polar surface area (TPSA) is 0 Å². The molecule has 0 spiro atoms.